The van der Waals surface area contributed by atoms with Crippen molar-refractivity contribution in [3.63, 3.8) is 0 Å². The molecule has 0 saturated carbocycles. The number of benzene rings is 1. The van der Waals surface area contributed by atoms with Gasteiger partial charge in [0.1, 0.15) is 11.5 Å². The van der Waals surface area contributed by atoms with E-state index in [4.69, 9.17) is 9.47 Å². The molecule has 0 aliphatic carbocycles. The molecule has 1 saturated heterocycles. The number of hydrogen-bond donors (Lipinski definition) is 1. The lowest BCUT2D eigenvalue weighted by Gasteiger charge is -2.29. The molecule has 0 radical (unpaired) electrons. The third-order valence-electron chi connectivity index (χ3n) is 2.92. The summed E-state index contributed by atoms with van der Waals surface area (Å²) in [5, 5.41) is 4.11. The molecule has 0 atom stereocenters. The first kappa shape index (κ1) is 13.5. The topological polar surface area (TPSA) is 59.9 Å². The summed E-state index contributed by atoms with van der Waals surface area (Å²) in [5.74, 6) is 0.800. The fraction of sp³-hybridized carbons (Fsp3) is 0.429. The molecular weight excluding hydrogens is 244 g/mol. The first-order valence-corrected chi connectivity index (χ1v) is 6.14. The zero-order valence-corrected chi connectivity index (χ0v) is 11.4. The Kier molecular flexibility index (Phi) is 3.85. The second-order valence-corrected chi connectivity index (χ2v) is 5.05. The number of ether oxygens (including phenoxy) is 2. The zero-order chi connectivity index (χ0) is 13.9. The Morgan fingerprint density at radius 1 is 1.32 bits per heavy atom. The van der Waals surface area contributed by atoms with Crippen LogP contribution in [0.25, 0.3) is 0 Å². The Bertz CT molecular complexity index is 492. The van der Waals surface area contributed by atoms with Gasteiger partial charge in [0.15, 0.2) is 5.78 Å². The first-order chi connectivity index (χ1) is 9.00. The van der Waals surface area contributed by atoms with Gasteiger partial charge in [-0.15, -0.1) is 0 Å². The normalized spacial score (nSPS) is 20.4. The second kappa shape index (κ2) is 5.40. The molecule has 1 aromatic carbocycles. The molecule has 0 bridgehead atoms. The molecule has 1 aliphatic heterocycles. The lowest BCUT2D eigenvalue weighted by molar-refractivity contribution is -0.122. The van der Waals surface area contributed by atoms with Gasteiger partial charge in [0.05, 0.1) is 25.0 Å². The maximum Gasteiger partial charge on any atom is 0.184 e. The Morgan fingerprint density at radius 2 is 2.00 bits per heavy atom. The number of rotatable bonds is 3. The maximum absolute atomic E-state index is 11.9. The number of nitrogens with one attached hydrogen (secondary N) is 1. The Balaban J connectivity index is 2.00. The van der Waals surface area contributed by atoms with Gasteiger partial charge < -0.3 is 9.47 Å². The van der Waals surface area contributed by atoms with Crippen LogP contribution in [0.1, 0.15) is 20.3 Å². The molecule has 0 aromatic heterocycles. The van der Waals surface area contributed by atoms with Crippen LogP contribution in [-0.2, 0) is 9.53 Å². The molecule has 5 heteroatoms. The fourth-order valence-electron chi connectivity index (χ4n) is 1.78. The van der Waals surface area contributed by atoms with Crippen LogP contribution in [0.3, 0.4) is 0 Å². The summed E-state index contributed by atoms with van der Waals surface area (Å²) in [4.78, 5) is 11.9. The van der Waals surface area contributed by atoms with Crippen molar-refractivity contribution >= 4 is 17.2 Å². The van der Waals surface area contributed by atoms with Gasteiger partial charge in [0.25, 0.3) is 0 Å². The summed E-state index contributed by atoms with van der Waals surface area (Å²) in [7, 11) is 1.61. The van der Waals surface area contributed by atoms with Crippen LogP contribution in [-0.4, -0.2) is 30.8 Å². The molecule has 1 heterocycles. The van der Waals surface area contributed by atoms with E-state index in [9.17, 15) is 4.79 Å². The summed E-state index contributed by atoms with van der Waals surface area (Å²) in [6.45, 7) is 4.05. The Hall–Kier alpha value is -1.88. The van der Waals surface area contributed by atoms with Gasteiger partial charge in [0.2, 0.25) is 0 Å². The number of ketones is 1. The van der Waals surface area contributed by atoms with Crippen molar-refractivity contribution in [3.05, 3.63) is 24.3 Å². The number of carbonyl (C=O) groups is 1. The molecule has 5 nitrogen and oxygen atoms in total. The van der Waals surface area contributed by atoms with Crippen LogP contribution < -0.4 is 10.2 Å². The number of methoxy groups -OCH3 is 1. The molecule has 19 heavy (non-hydrogen) atoms. The van der Waals surface area contributed by atoms with Gasteiger partial charge in [-0.1, -0.05) is 0 Å². The summed E-state index contributed by atoms with van der Waals surface area (Å²) in [5.41, 5.74) is 3.69. The smallest absolute Gasteiger partial charge is 0.184 e. The van der Waals surface area contributed by atoms with Crippen LogP contribution in [0.15, 0.2) is 29.4 Å². The highest BCUT2D eigenvalue weighted by molar-refractivity contribution is 6.41. The minimum absolute atomic E-state index is 0.0252. The van der Waals surface area contributed by atoms with Crippen molar-refractivity contribution < 1.29 is 14.3 Å². The summed E-state index contributed by atoms with van der Waals surface area (Å²) >= 11 is 0. The van der Waals surface area contributed by atoms with Gasteiger partial charge >= 0.3 is 0 Å². The highest BCUT2D eigenvalue weighted by atomic mass is 16.5. The van der Waals surface area contributed by atoms with Crippen molar-refractivity contribution in [2.24, 2.45) is 5.10 Å². The third kappa shape index (κ3) is 3.54. The van der Waals surface area contributed by atoms with Crippen molar-refractivity contribution in [3.8, 4) is 5.75 Å². The number of hydrazone groups is 1. The summed E-state index contributed by atoms with van der Waals surface area (Å²) < 4.78 is 10.6. The molecule has 1 aliphatic rings. The van der Waals surface area contributed by atoms with Crippen LogP contribution in [0.2, 0.25) is 0 Å². The third-order valence-corrected chi connectivity index (χ3v) is 2.92. The summed E-state index contributed by atoms with van der Waals surface area (Å²) in [6, 6.07) is 7.32. The lowest BCUT2D eigenvalue weighted by Crippen LogP contribution is -2.40. The number of hydrogen-bond acceptors (Lipinski definition) is 5. The number of Topliss-reactive ketones (excluding diaryl/α,β-unsaturated/α-hetero) is 1. The van der Waals surface area contributed by atoms with Gasteiger partial charge in [0, 0.05) is 6.42 Å². The van der Waals surface area contributed by atoms with Gasteiger partial charge in [-0.2, -0.15) is 5.10 Å². The highest BCUT2D eigenvalue weighted by Crippen LogP contribution is 2.20. The zero-order valence-electron chi connectivity index (χ0n) is 11.4. The van der Waals surface area contributed by atoms with Crippen molar-refractivity contribution in [1.29, 1.82) is 0 Å². The van der Waals surface area contributed by atoms with E-state index in [0.717, 1.165) is 11.4 Å². The molecule has 0 spiro atoms. The van der Waals surface area contributed by atoms with Crippen LogP contribution in [0.4, 0.5) is 5.69 Å². The number of anilines is 1. The minimum atomic E-state index is -0.393. The van der Waals surface area contributed by atoms with Crippen LogP contribution >= 0.6 is 0 Å². The average Bonchev–Trinajstić information content (AvgIpc) is 2.37. The quantitative estimate of drug-likeness (QED) is 0.849. The number of carbonyl (C=O) groups excluding carboxylic acids is 1. The van der Waals surface area contributed by atoms with E-state index >= 15 is 0 Å². The Morgan fingerprint density at radius 3 is 2.58 bits per heavy atom. The van der Waals surface area contributed by atoms with Crippen molar-refractivity contribution in [2.45, 2.75) is 25.9 Å². The van der Waals surface area contributed by atoms with Gasteiger partial charge in [-0.05, 0) is 38.1 Å². The summed E-state index contributed by atoms with van der Waals surface area (Å²) in [6.07, 6.45) is 0.357. The predicted molar refractivity (Wildman–Crippen MR) is 73.7 cm³/mol. The molecule has 102 valence electrons. The Labute approximate surface area is 112 Å². The van der Waals surface area contributed by atoms with Gasteiger partial charge in [-0.25, -0.2) is 0 Å². The van der Waals surface area contributed by atoms with Crippen LogP contribution in [0, 0.1) is 0 Å². The monoisotopic (exact) mass is 262 g/mol. The average molecular weight is 262 g/mol. The molecule has 2 rings (SSSR count). The molecule has 0 unspecified atom stereocenters. The minimum Gasteiger partial charge on any atom is -0.497 e. The molecule has 0 amide bonds. The van der Waals surface area contributed by atoms with E-state index in [-0.39, 0.29) is 12.4 Å². The fourth-order valence-corrected chi connectivity index (χ4v) is 1.78. The largest absolute Gasteiger partial charge is 0.497 e. The first-order valence-electron chi connectivity index (χ1n) is 6.14. The lowest BCUT2D eigenvalue weighted by atomic mass is 9.96. The van der Waals surface area contributed by atoms with E-state index in [1.54, 1.807) is 7.11 Å². The van der Waals surface area contributed by atoms with E-state index < -0.39 is 5.60 Å². The molecule has 1 aromatic rings. The van der Waals surface area contributed by atoms with E-state index in [1.165, 1.54) is 0 Å². The predicted octanol–water partition coefficient (Wildman–Crippen LogP) is 2.23. The molecular formula is C14H18N2O3. The van der Waals surface area contributed by atoms with E-state index in [0.29, 0.717) is 12.1 Å². The standard InChI is InChI=1S/C14H18N2O3/c1-14(2)8-13(17)12(9-19-14)16-15-10-4-6-11(18-3)7-5-10/h4-7,15H,8-9H2,1-3H3/b16-12+. The highest BCUT2D eigenvalue weighted by Gasteiger charge is 2.31. The van der Waals surface area contributed by atoms with Gasteiger partial charge in [-0.3, -0.25) is 10.2 Å². The van der Waals surface area contributed by atoms with E-state index in [1.807, 2.05) is 38.1 Å². The van der Waals surface area contributed by atoms with Crippen molar-refractivity contribution in [2.75, 3.05) is 19.1 Å². The maximum atomic E-state index is 11.9. The molecule has 1 N–H and O–H groups in total. The SMILES string of the molecule is COc1ccc(N/N=C2\COC(C)(C)CC2=O)cc1. The second-order valence-electron chi connectivity index (χ2n) is 5.05. The number of nitrogens with zero attached hydrogens (tertiary/aromatic N) is 1. The molecule has 1 fully saturated rings. The van der Waals surface area contributed by atoms with Crippen LogP contribution in [0.5, 0.6) is 5.75 Å². The van der Waals surface area contributed by atoms with Crippen molar-refractivity contribution in [1.82, 2.24) is 0 Å². The van der Waals surface area contributed by atoms with E-state index in [2.05, 4.69) is 10.5 Å².